The van der Waals surface area contributed by atoms with Gasteiger partial charge in [-0.05, 0) is 25.1 Å². The molecule has 1 heterocycles. The summed E-state index contributed by atoms with van der Waals surface area (Å²) in [6.07, 6.45) is 0. The summed E-state index contributed by atoms with van der Waals surface area (Å²) in [5.74, 6) is 0.850. The van der Waals surface area contributed by atoms with Crippen LogP contribution < -0.4 is 9.88 Å². The minimum Gasteiger partial charge on any atom is -0.482 e. The average molecular weight is 348 g/mol. The van der Waals surface area contributed by atoms with Crippen LogP contribution in [0.25, 0.3) is 0 Å². The summed E-state index contributed by atoms with van der Waals surface area (Å²) >= 11 is 3.17. The molecule has 9 heteroatoms. The van der Waals surface area contributed by atoms with Crippen LogP contribution in [0.2, 0.25) is 0 Å². The first kappa shape index (κ1) is 14.0. The summed E-state index contributed by atoms with van der Waals surface area (Å²) in [4.78, 5) is 3.83. The van der Waals surface area contributed by atoms with Gasteiger partial charge in [-0.25, -0.2) is 13.6 Å². The summed E-state index contributed by atoms with van der Waals surface area (Å²) in [6.45, 7) is 1.63. The monoisotopic (exact) mass is 347 g/mol. The van der Waals surface area contributed by atoms with E-state index in [2.05, 4.69) is 26.1 Å². The van der Waals surface area contributed by atoms with E-state index >= 15 is 0 Å². The number of nitrogens with zero attached hydrogens (tertiary/aromatic N) is 2. The molecule has 0 bridgehead atoms. The molecule has 2 N–H and O–H groups in total. The number of halogens is 1. The van der Waals surface area contributed by atoms with Gasteiger partial charge in [-0.3, -0.25) is 0 Å². The molecule has 0 saturated carbocycles. The topological polar surface area (TPSA) is 108 Å². The lowest BCUT2D eigenvalue weighted by Gasteiger charge is -2.08. The predicted molar refractivity (Wildman–Crippen MR) is 68.9 cm³/mol. The number of nitrogens with two attached hydrogens (primary N) is 1. The highest BCUT2D eigenvalue weighted by Gasteiger charge is 2.16. The van der Waals surface area contributed by atoms with E-state index in [9.17, 15) is 8.42 Å². The van der Waals surface area contributed by atoms with Crippen LogP contribution in [-0.2, 0) is 16.6 Å². The Bertz CT molecular complexity index is 699. The van der Waals surface area contributed by atoms with E-state index < -0.39 is 10.0 Å². The maximum absolute atomic E-state index is 11.4. The minimum absolute atomic E-state index is 0.0367. The molecule has 0 aliphatic rings. The molecule has 0 aliphatic carbocycles. The number of hydrogen-bond donors (Lipinski definition) is 1. The van der Waals surface area contributed by atoms with Gasteiger partial charge in [-0.1, -0.05) is 21.1 Å². The second kappa shape index (κ2) is 5.27. The molecule has 19 heavy (non-hydrogen) atoms. The van der Waals surface area contributed by atoms with Crippen LogP contribution in [0, 0.1) is 6.92 Å². The maximum Gasteiger partial charge on any atom is 0.264 e. The zero-order valence-electron chi connectivity index (χ0n) is 9.83. The Morgan fingerprint density at radius 3 is 2.79 bits per heavy atom. The summed E-state index contributed by atoms with van der Waals surface area (Å²) in [5.41, 5.74) is 0. The number of benzene rings is 1. The largest absolute Gasteiger partial charge is 0.482 e. The SMILES string of the molecule is Cc1noc(COc2ccc(Br)cc2S(N)(=O)=O)n1. The number of sulfonamides is 1. The van der Waals surface area contributed by atoms with Gasteiger partial charge in [0.15, 0.2) is 12.4 Å². The van der Waals surface area contributed by atoms with Gasteiger partial charge in [0.05, 0.1) is 0 Å². The third kappa shape index (κ3) is 3.52. The molecule has 102 valence electrons. The van der Waals surface area contributed by atoms with Crippen molar-refractivity contribution in [3.8, 4) is 5.75 Å². The summed E-state index contributed by atoms with van der Waals surface area (Å²) in [7, 11) is -3.88. The van der Waals surface area contributed by atoms with Crippen LogP contribution in [0.15, 0.2) is 32.1 Å². The first-order chi connectivity index (χ1) is 8.86. The van der Waals surface area contributed by atoms with Crippen molar-refractivity contribution < 1.29 is 17.7 Å². The third-order valence-electron chi connectivity index (χ3n) is 2.13. The van der Waals surface area contributed by atoms with Gasteiger partial charge in [0, 0.05) is 4.47 Å². The quantitative estimate of drug-likeness (QED) is 0.894. The first-order valence-corrected chi connectivity index (χ1v) is 7.44. The molecular weight excluding hydrogens is 338 g/mol. The normalized spacial score (nSPS) is 11.5. The Morgan fingerprint density at radius 2 is 2.21 bits per heavy atom. The highest BCUT2D eigenvalue weighted by molar-refractivity contribution is 9.10. The fourth-order valence-electron chi connectivity index (χ4n) is 1.36. The highest BCUT2D eigenvalue weighted by atomic mass is 79.9. The second-order valence-corrected chi connectivity index (χ2v) is 6.11. The van der Waals surface area contributed by atoms with Gasteiger partial charge in [-0.15, -0.1) is 0 Å². The number of hydrogen-bond acceptors (Lipinski definition) is 6. The van der Waals surface area contributed by atoms with Gasteiger partial charge in [0.25, 0.3) is 5.89 Å². The summed E-state index contributed by atoms with van der Waals surface area (Å²) < 4.78 is 33.7. The van der Waals surface area contributed by atoms with Gasteiger partial charge in [0.2, 0.25) is 10.0 Å². The van der Waals surface area contributed by atoms with Gasteiger partial charge in [-0.2, -0.15) is 4.98 Å². The van der Waals surface area contributed by atoms with Crippen molar-refractivity contribution in [3.63, 3.8) is 0 Å². The number of aromatic nitrogens is 2. The van der Waals surface area contributed by atoms with Crippen LogP contribution in [0.5, 0.6) is 5.75 Å². The molecule has 0 saturated heterocycles. The molecule has 2 aromatic rings. The molecule has 0 fully saturated rings. The number of aryl methyl sites for hydroxylation is 1. The van der Waals surface area contributed by atoms with Gasteiger partial charge >= 0.3 is 0 Å². The molecule has 0 amide bonds. The second-order valence-electron chi connectivity index (χ2n) is 3.66. The van der Waals surface area contributed by atoms with E-state index in [4.69, 9.17) is 14.4 Å². The molecule has 1 aromatic heterocycles. The molecule has 0 unspecified atom stereocenters. The Kier molecular flexibility index (Phi) is 3.88. The van der Waals surface area contributed by atoms with E-state index in [0.29, 0.717) is 10.3 Å². The van der Waals surface area contributed by atoms with Crippen molar-refractivity contribution in [1.82, 2.24) is 10.1 Å². The molecule has 1 aromatic carbocycles. The zero-order chi connectivity index (χ0) is 14.0. The van der Waals surface area contributed by atoms with Crippen molar-refractivity contribution in [1.29, 1.82) is 0 Å². The van der Waals surface area contributed by atoms with Crippen molar-refractivity contribution in [3.05, 3.63) is 34.4 Å². The van der Waals surface area contributed by atoms with E-state index in [1.54, 1.807) is 13.0 Å². The maximum atomic E-state index is 11.4. The van der Waals surface area contributed by atoms with Crippen LogP contribution in [0.3, 0.4) is 0 Å². The molecule has 2 rings (SSSR count). The van der Waals surface area contributed by atoms with E-state index in [1.807, 2.05) is 0 Å². The van der Waals surface area contributed by atoms with Crippen molar-refractivity contribution in [2.75, 3.05) is 0 Å². The molecular formula is C10H10BrN3O4S. The highest BCUT2D eigenvalue weighted by Crippen LogP contribution is 2.27. The van der Waals surface area contributed by atoms with Crippen molar-refractivity contribution >= 4 is 26.0 Å². The number of rotatable bonds is 4. The fourth-order valence-corrected chi connectivity index (χ4v) is 2.57. The lowest BCUT2D eigenvalue weighted by atomic mass is 10.3. The van der Waals surface area contributed by atoms with E-state index in [1.165, 1.54) is 12.1 Å². The molecule has 7 nitrogen and oxygen atoms in total. The van der Waals surface area contributed by atoms with Gasteiger partial charge in [0.1, 0.15) is 10.6 Å². The number of ether oxygens (including phenoxy) is 1. The first-order valence-electron chi connectivity index (χ1n) is 5.10. The van der Waals surface area contributed by atoms with E-state index in [0.717, 1.165) is 0 Å². The lowest BCUT2D eigenvalue weighted by Crippen LogP contribution is -2.14. The predicted octanol–water partition coefficient (Wildman–Crippen LogP) is 1.37. The Hall–Kier alpha value is -1.45. The standard InChI is InChI=1S/C10H10BrN3O4S/c1-6-13-10(18-14-6)5-17-8-3-2-7(11)4-9(8)19(12,15)16/h2-4H,5H2,1H3,(H2,12,15,16). The minimum atomic E-state index is -3.88. The van der Waals surface area contributed by atoms with Crippen molar-refractivity contribution in [2.45, 2.75) is 18.4 Å². The van der Waals surface area contributed by atoms with Crippen molar-refractivity contribution in [2.24, 2.45) is 5.14 Å². The van der Waals surface area contributed by atoms with Crippen LogP contribution in [0.4, 0.5) is 0 Å². The molecule has 0 radical (unpaired) electrons. The molecule has 0 spiro atoms. The van der Waals surface area contributed by atoms with Crippen LogP contribution in [-0.4, -0.2) is 18.6 Å². The summed E-state index contributed by atoms with van der Waals surface area (Å²) in [5, 5.41) is 8.72. The summed E-state index contributed by atoms with van der Waals surface area (Å²) in [6, 6.07) is 4.50. The Morgan fingerprint density at radius 1 is 1.47 bits per heavy atom. The number of primary sulfonamides is 1. The van der Waals surface area contributed by atoms with Crippen LogP contribution in [0.1, 0.15) is 11.7 Å². The average Bonchev–Trinajstić information content (AvgIpc) is 2.72. The Labute approximate surface area is 117 Å². The zero-order valence-corrected chi connectivity index (χ0v) is 12.2. The Balaban J connectivity index is 2.25. The van der Waals surface area contributed by atoms with Gasteiger partial charge < -0.3 is 9.26 Å². The lowest BCUT2D eigenvalue weighted by molar-refractivity contribution is 0.237. The molecule has 0 aliphatic heterocycles. The van der Waals surface area contributed by atoms with E-state index in [-0.39, 0.29) is 23.1 Å². The van der Waals surface area contributed by atoms with Crippen LogP contribution >= 0.6 is 15.9 Å². The fraction of sp³-hybridized carbons (Fsp3) is 0.200. The molecule has 0 atom stereocenters. The third-order valence-corrected chi connectivity index (χ3v) is 3.56. The smallest absolute Gasteiger partial charge is 0.264 e.